The van der Waals surface area contributed by atoms with Crippen LogP contribution >= 0.6 is 11.3 Å². The molecule has 0 saturated heterocycles. The largest absolute Gasteiger partial charge is 0.497 e. The quantitative estimate of drug-likeness (QED) is 0.924. The Morgan fingerprint density at radius 3 is 2.52 bits per heavy atom. The van der Waals surface area contributed by atoms with E-state index in [0.29, 0.717) is 11.8 Å². The molecule has 3 nitrogen and oxygen atoms in total. The van der Waals surface area contributed by atoms with Gasteiger partial charge in [0.05, 0.1) is 27.9 Å². The minimum atomic E-state index is -0.509. The van der Waals surface area contributed by atoms with Crippen LogP contribution in [0.4, 0.5) is 0 Å². The van der Waals surface area contributed by atoms with Gasteiger partial charge in [0.15, 0.2) is 0 Å². The predicted molar refractivity (Wildman–Crippen MR) is 91.9 cm³/mol. The molecule has 4 aliphatic carbocycles. The van der Waals surface area contributed by atoms with E-state index >= 15 is 0 Å². The van der Waals surface area contributed by atoms with Gasteiger partial charge < -0.3 is 9.84 Å². The van der Waals surface area contributed by atoms with Crippen LogP contribution in [-0.4, -0.2) is 22.8 Å². The number of aliphatic hydroxyl groups is 1. The molecule has 1 aromatic carbocycles. The SMILES string of the molecule is COc1ccc2sc(CC3(O)C4CC5CC(C4)CC3C5)nc2c1. The summed E-state index contributed by atoms with van der Waals surface area (Å²) in [5.74, 6) is 3.62. The van der Waals surface area contributed by atoms with Gasteiger partial charge in [0, 0.05) is 12.5 Å². The Balaban J connectivity index is 1.46. The van der Waals surface area contributed by atoms with Crippen molar-refractivity contribution < 1.29 is 9.84 Å². The second-order valence-corrected chi connectivity index (χ2v) is 9.03. The van der Waals surface area contributed by atoms with Crippen LogP contribution in [0.25, 0.3) is 10.2 Å². The molecule has 1 aromatic heterocycles. The summed E-state index contributed by atoms with van der Waals surface area (Å²) in [4.78, 5) is 4.80. The van der Waals surface area contributed by atoms with Gasteiger partial charge in [0.25, 0.3) is 0 Å². The highest BCUT2D eigenvalue weighted by Gasteiger charge is 2.56. The third-order valence-electron chi connectivity index (χ3n) is 6.63. The first-order valence-corrected chi connectivity index (χ1v) is 9.61. The molecule has 4 saturated carbocycles. The fraction of sp³-hybridized carbons (Fsp3) is 0.632. The molecule has 0 atom stereocenters. The maximum Gasteiger partial charge on any atom is 0.121 e. The minimum absolute atomic E-state index is 0.500. The summed E-state index contributed by atoms with van der Waals surface area (Å²) in [6.07, 6.45) is 7.11. The molecule has 4 aliphatic rings. The maximum absolute atomic E-state index is 11.5. The van der Waals surface area contributed by atoms with E-state index in [1.807, 2.05) is 12.1 Å². The number of aromatic nitrogens is 1. The average molecular weight is 329 g/mol. The van der Waals surface area contributed by atoms with Crippen molar-refractivity contribution in [2.45, 2.75) is 44.1 Å². The molecule has 0 unspecified atom stereocenters. The molecule has 23 heavy (non-hydrogen) atoms. The number of fused-ring (bicyclic) bond motifs is 1. The Bertz CT molecular complexity index is 725. The molecule has 122 valence electrons. The molecule has 0 aliphatic heterocycles. The number of thiazole rings is 1. The fourth-order valence-electron chi connectivity index (χ4n) is 5.69. The highest BCUT2D eigenvalue weighted by atomic mass is 32.1. The highest BCUT2D eigenvalue weighted by Crippen LogP contribution is 2.59. The summed E-state index contributed by atoms with van der Waals surface area (Å²) in [6.45, 7) is 0. The van der Waals surface area contributed by atoms with Gasteiger partial charge in [-0.1, -0.05) is 0 Å². The van der Waals surface area contributed by atoms with Gasteiger partial charge in [0.1, 0.15) is 5.75 Å². The number of nitrogens with zero attached hydrogens (tertiary/aromatic N) is 1. The van der Waals surface area contributed by atoms with E-state index in [-0.39, 0.29) is 0 Å². The van der Waals surface area contributed by atoms with Crippen molar-refractivity contribution in [1.29, 1.82) is 0 Å². The summed E-state index contributed by atoms with van der Waals surface area (Å²) < 4.78 is 6.48. The first-order chi connectivity index (χ1) is 11.1. The highest BCUT2D eigenvalue weighted by molar-refractivity contribution is 7.18. The second-order valence-electron chi connectivity index (χ2n) is 7.91. The van der Waals surface area contributed by atoms with E-state index in [9.17, 15) is 5.11 Å². The van der Waals surface area contributed by atoms with Crippen molar-refractivity contribution in [2.24, 2.45) is 23.7 Å². The van der Waals surface area contributed by atoms with Crippen LogP contribution in [0, 0.1) is 23.7 Å². The van der Waals surface area contributed by atoms with E-state index in [1.165, 1.54) is 36.8 Å². The van der Waals surface area contributed by atoms with Crippen LogP contribution in [-0.2, 0) is 6.42 Å². The summed E-state index contributed by atoms with van der Waals surface area (Å²) in [5, 5.41) is 12.6. The molecule has 0 amide bonds. The van der Waals surface area contributed by atoms with Crippen LogP contribution in [0.5, 0.6) is 5.75 Å². The first kappa shape index (κ1) is 14.2. The van der Waals surface area contributed by atoms with Gasteiger partial charge in [-0.05, 0) is 67.9 Å². The number of hydrogen-bond acceptors (Lipinski definition) is 4. The topological polar surface area (TPSA) is 42.4 Å². The van der Waals surface area contributed by atoms with E-state index < -0.39 is 5.60 Å². The van der Waals surface area contributed by atoms with Crippen molar-refractivity contribution in [2.75, 3.05) is 7.11 Å². The minimum Gasteiger partial charge on any atom is -0.497 e. The summed E-state index contributed by atoms with van der Waals surface area (Å²) >= 11 is 1.73. The molecule has 6 rings (SSSR count). The summed E-state index contributed by atoms with van der Waals surface area (Å²) in [7, 11) is 1.69. The Morgan fingerprint density at radius 1 is 1.17 bits per heavy atom. The van der Waals surface area contributed by atoms with Crippen molar-refractivity contribution >= 4 is 21.6 Å². The molecular formula is C19H23NO2S. The summed E-state index contributed by atoms with van der Waals surface area (Å²) in [6, 6.07) is 6.06. The van der Waals surface area contributed by atoms with Crippen LogP contribution in [0.3, 0.4) is 0 Å². The van der Waals surface area contributed by atoms with Gasteiger partial charge in [-0.2, -0.15) is 0 Å². The van der Waals surface area contributed by atoms with Crippen molar-refractivity contribution in [1.82, 2.24) is 4.98 Å². The van der Waals surface area contributed by atoms with E-state index in [4.69, 9.17) is 9.72 Å². The number of benzene rings is 1. The zero-order valence-electron chi connectivity index (χ0n) is 13.5. The standard InChI is InChI=1S/C19H23NO2S/c1-22-15-2-3-17-16(9-15)20-18(23-17)10-19(21)13-5-11-4-12(7-13)8-14(19)6-11/h2-3,9,11-14,21H,4-8,10H2,1H3. The zero-order chi connectivity index (χ0) is 15.6. The summed E-state index contributed by atoms with van der Waals surface area (Å²) in [5.41, 5.74) is 0.488. The second kappa shape index (κ2) is 4.93. The lowest BCUT2D eigenvalue weighted by Gasteiger charge is -2.58. The third kappa shape index (κ3) is 2.14. The molecule has 0 spiro atoms. The smallest absolute Gasteiger partial charge is 0.121 e. The lowest BCUT2D eigenvalue weighted by Crippen LogP contribution is -2.58. The molecule has 1 N–H and O–H groups in total. The zero-order valence-corrected chi connectivity index (χ0v) is 14.3. The van der Waals surface area contributed by atoms with Crippen molar-refractivity contribution in [3.05, 3.63) is 23.2 Å². The first-order valence-electron chi connectivity index (χ1n) is 8.80. The van der Waals surface area contributed by atoms with Crippen LogP contribution in [0.2, 0.25) is 0 Å². The van der Waals surface area contributed by atoms with E-state index in [2.05, 4.69) is 6.07 Å². The lowest BCUT2D eigenvalue weighted by atomic mass is 9.49. The van der Waals surface area contributed by atoms with E-state index in [0.717, 1.165) is 34.5 Å². The number of rotatable bonds is 3. The van der Waals surface area contributed by atoms with Gasteiger partial charge in [-0.3, -0.25) is 0 Å². The monoisotopic (exact) mass is 329 g/mol. The lowest BCUT2D eigenvalue weighted by molar-refractivity contribution is -0.171. The third-order valence-corrected chi connectivity index (χ3v) is 7.66. The van der Waals surface area contributed by atoms with Crippen LogP contribution in [0.1, 0.15) is 37.1 Å². The van der Waals surface area contributed by atoms with Gasteiger partial charge in [-0.15, -0.1) is 11.3 Å². The Hall–Kier alpha value is -1.13. The Morgan fingerprint density at radius 2 is 1.87 bits per heavy atom. The van der Waals surface area contributed by atoms with E-state index in [1.54, 1.807) is 18.4 Å². The fourth-order valence-corrected chi connectivity index (χ4v) is 6.74. The Labute approximate surface area is 140 Å². The number of methoxy groups -OCH3 is 1. The van der Waals surface area contributed by atoms with Gasteiger partial charge >= 0.3 is 0 Å². The number of hydrogen-bond donors (Lipinski definition) is 1. The number of ether oxygens (including phenoxy) is 1. The molecule has 4 bridgehead atoms. The average Bonchev–Trinajstić information content (AvgIpc) is 2.93. The maximum atomic E-state index is 11.5. The van der Waals surface area contributed by atoms with Crippen LogP contribution < -0.4 is 4.74 Å². The molecule has 4 fully saturated rings. The predicted octanol–water partition coefficient (Wildman–Crippen LogP) is 4.03. The normalized spacial score (nSPS) is 38.3. The van der Waals surface area contributed by atoms with Gasteiger partial charge in [0.2, 0.25) is 0 Å². The van der Waals surface area contributed by atoms with Crippen LogP contribution in [0.15, 0.2) is 18.2 Å². The molecule has 2 aromatic rings. The van der Waals surface area contributed by atoms with Gasteiger partial charge in [-0.25, -0.2) is 4.98 Å². The molecule has 1 heterocycles. The molecule has 4 heteroatoms. The molecule has 0 radical (unpaired) electrons. The van der Waals surface area contributed by atoms with Crippen molar-refractivity contribution in [3.63, 3.8) is 0 Å². The van der Waals surface area contributed by atoms with Crippen molar-refractivity contribution in [3.8, 4) is 5.75 Å². The Kier molecular flexibility index (Phi) is 3.05. The molecular weight excluding hydrogens is 306 g/mol.